The second-order valence-electron chi connectivity index (χ2n) is 1.59. The maximum absolute atomic E-state index is 4.83. The second kappa shape index (κ2) is 3.10. The van der Waals surface area contributed by atoms with Gasteiger partial charge in [-0.1, -0.05) is 18.2 Å². The molecule has 0 saturated heterocycles. The summed E-state index contributed by atoms with van der Waals surface area (Å²) in [6, 6.07) is 9.45. The first kappa shape index (κ1) is 6.11. The van der Waals surface area contributed by atoms with Crippen molar-refractivity contribution < 1.29 is 4.84 Å². The highest BCUT2D eigenvalue weighted by atomic mass is 16.6. The van der Waals surface area contributed by atoms with Gasteiger partial charge in [0.15, 0.2) is 0 Å². The van der Waals surface area contributed by atoms with Gasteiger partial charge in [0.25, 0.3) is 0 Å². The van der Waals surface area contributed by atoms with E-state index in [0.717, 1.165) is 5.75 Å². The third kappa shape index (κ3) is 1.74. The Bertz CT molecular complexity index is 162. The fraction of sp³-hybridized carbons (Fsp3) is 0.143. The van der Waals surface area contributed by atoms with Crippen molar-refractivity contribution in [1.82, 2.24) is 5.48 Å². The summed E-state index contributed by atoms with van der Waals surface area (Å²) in [4.78, 5) is 4.83. The molecule has 1 aromatic rings. The lowest BCUT2D eigenvalue weighted by atomic mass is 10.3. The minimum Gasteiger partial charge on any atom is -0.388 e. The van der Waals surface area contributed by atoms with E-state index in [4.69, 9.17) is 4.84 Å². The third-order valence-corrected chi connectivity index (χ3v) is 0.940. The Morgan fingerprint density at radius 2 is 1.89 bits per heavy atom. The van der Waals surface area contributed by atoms with Gasteiger partial charge >= 0.3 is 0 Å². The first-order valence-electron chi connectivity index (χ1n) is 2.74. The Balaban J connectivity index is 2.61. The highest BCUT2D eigenvalue weighted by molar-refractivity contribution is 5.20. The second-order valence-corrected chi connectivity index (χ2v) is 1.59. The fourth-order valence-corrected chi connectivity index (χ4v) is 0.587. The van der Waals surface area contributed by atoms with Crippen LogP contribution in [0.4, 0.5) is 0 Å². The number of hydrogen-bond acceptors (Lipinski definition) is 1. The summed E-state index contributed by atoms with van der Waals surface area (Å²) in [7, 11) is 1.60. The quantitative estimate of drug-likeness (QED) is 0.541. The van der Waals surface area contributed by atoms with Crippen LogP contribution in [0.1, 0.15) is 0 Å². The van der Waals surface area contributed by atoms with Crippen LogP contribution in [0.2, 0.25) is 0 Å². The molecule has 0 amide bonds. The number of hydroxylamine groups is 1. The van der Waals surface area contributed by atoms with E-state index in [2.05, 4.69) is 5.48 Å². The molecule has 0 aliphatic carbocycles. The zero-order chi connectivity index (χ0) is 6.53. The molecule has 0 atom stereocenters. The number of nitrogens with zero attached hydrogens (tertiary/aromatic N) is 1. The van der Waals surface area contributed by atoms with Crippen LogP contribution in [0, 0.1) is 0 Å². The molecule has 9 heavy (non-hydrogen) atoms. The van der Waals surface area contributed by atoms with Crippen LogP contribution in [0.15, 0.2) is 30.3 Å². The number of rotatable bonds is 2. The van der Waals surface area contributed by atoms with Gasteiger partial charge in [0.2, 0.25) is 0 Å². The van der Waals surface area contributed by atoms with Crippen molar-refractivity contribution in [3.05, 3.63) is 30.3 Å². The van der Waals surface area contributed by atoms with Crippen LogP contribution < -0.4 is 10.3 Å². The van der Waals surface area contributed by atoms with Crippen molar-refractivity contribution >= 4 is 0 Å². The SMILES string of the molecule is C[N]Oc1ccccc1. The van der Waals surface area contributed by atoms with Crippen LogP contribution in [-0.4, -0.2) is 7.05 Å². The van der Waals surface area contributed by atoms with Gasteiger partial charge in [-0.25, -0.2) is 0 Å². The lowest BCUT2D eigenvalue weighted by Crippen LogP contribution is -2.01. The lowest BCUT2D eigenvalue weighted by Gasteiger charge is -1.96. The predicted molar refractivity (Wildman–Crippen MR) is 35.1 cm³/mol. The summed E-state index contributed by atoms with van der Waals surface area (Å²) in [6.45, 7) is 0. The number of para-hydroxylation sites is 1. The monoisotopic (exact) mass is 122 g/mol. The summed E-state index contributed by atoms with van der Waals surface area (Å²) in [6.07, 6.45) is 0. The fourth-order valence-electron chi connectivity index (χ4n) is 0.587. The largest absolute Gasteiger partial charge is 0.388 e. The molecule has 0 fully saturated rings. The molecule has 0 N–H and O–H groups in total. The first-order valence-corrected chi connectivity index (χ1v) is 2.74. The summed E-state index contributed by atoms with van der Waals surface area (Å²) in [5.74, 6) is 0.778. The van der Waals surface area contributed by atoms with E-state index in [1.54, 1.807) is 7.05 Å². The summed E-state index contributed by atoms with van der Waals surface area (Å²) in [5.41, 5.74) is 3.51. The average Bonchev–Trinajstić information content (AvgIpc) is 1.91. The minimum absolute atomic E-state index is 0.778. The molecule has 0 saturated carbocycles. The van der Waals surface area contributed by atoms with Crippen molar-refractivity contribution in [3.8, 4) is 5.75 Å². The van der Waals surface area contributed by atoms with E-state index in [-0.39, 0.29) is 0 Å². The van der Waals surface area contributed by atoms with Gasteiger partial charge < -0.3 is 4.84 Å². The molecule has 0 bridgehead atoms. The highest BCUT2D eigenvalue weighted by Gasteiger charge is 1.85. The predicted octanol–water partition coefficient (Wildman–Crippen LogP) is 1.21. The van der Waals surface area contributed by atoms with Crippen molar-refractivity contribution in [2.24, 2.45) is 0 Å². The molecule has 47 valence electrons. The lowest BCUT2D eigenvalue weighted by molar-refractivity contribution is 0.213. The van der Waals surface area contributed by atoms with Gasteiger partial charge in [0.1, 0.15) is 5.75 Å². The van der Waals surface area contributed by atoms with Crippen molar-refractivity contribution in [1.29, 1.82) is 0 Å². The molecule has 0 spiro atoms. The summed E-state index contributed by atoms with van der Waals surface area (Å²) < 4.78 is 0. The van der Waals surface area contributed by atoms with Gasteiger partial charge in [-0.05, 0) is 17.6 Å². The molecule has 0 aliphatic heterocycles. The molecule has 1 rings (SSSR count). The molecule has 1 radical (unpaired) electrons. The van der Waals surface area contributed by atoms with Gasteiger partial charge in [-0.3, -0.25) is 0 Å². The number of hydrogen-bond donors (Lipinski definition) is 0. The molecule has 0 aliphatic rings. The molecule has 2 heteroatoms. The van der Waals surface area contributed by atoms with Crippen LogP contribution in [0.25, 0.3) is 0 Å². The van der Waals surface area contributed by atoms with Crippen molar-refractivity contribution in [2.75, 3.05) is 7.05 Å². The third-order valence-electron chi connectivity index (χ3n) is 0.940. The Labute approximate surface area is 54.4 Å². The average molecular weight is 122 g/mol. The van der Waals surface area contributed by atoms with Crippen LogP contribution in [0.3, 0.4) is 0 Å². The van der Waals surface area contributed by atoms with E-state index in [0.29, 0.717) is 0 Å². The van der Waals surface area contributed by atoms with E-state index >= 15 is 0 Å². The van der Waals surface area contributed by atoms with Crippen LogP contribution in [-0.2, 0) is 0 Å². The van der Waals surface area contributed by atoms with Gasteiger partial charge in [-0.2, -0.15) is 0 Å². The van der Waals surface area contributed by atoms with E-state index < -0.39 is 0 Å². The number of benzene rings is 1. The molecule has 0 aromatic heterocycles. The Hall–Kier alpha value is -1.02. The van der Waals surface area contributed by atoms with Gasteiger partial charge in [0.05, 0.1) is 0 Å². The van der Waals surface area contributed by atoms with E-state index in [1.165, 1.54) is 0 Å². The molecule has 2 nitrogen and oxygen atoms in total. The minimum atomic E-state index is 0.778. The Morgan fingerprint density at radius 1 is 1.22 bits per heavy atom. The van der Waals surface area contributed by atoms with Crippen molar-refractivity contribution in [3.63, 3.8) is 0 Å². The van der Waals surface area contributed by atoms with Gasteiger partial charge in [0, 0.05) is 7.05 Å². The van der Waals surface area contributed by atoms with Gasteiger partial charge in [-0.15, -0.1) is 0 Å². The van der Waals surface area contributed by atoms with Crippen LogP contribution >= 0.6 is 0 Å². The first-order chi connectivity index (χ1) is 4.43. The summed E-state index contributed by atoms with van der Waals surface area (Å²) >= 11 is 0. The standard InChI is InChI=1S/C7H8NO/c1-8-9-7-5-3-2-4-6-7/h2-6H,1H3. The smallest absolute Gasteiger partial charge is 0.149 e. The highest BCUT2D eigenvalue weighted by Crippen LogP contribution is 2.05. The molecule has 1 aromatic carbocycles. The molecular formula is C7H8NO. The topological polar surface area (TPSA) is 23.3 Å². The Kier molecular flexibility index (Phi) is 2.10. The molecule has 0 heterocycles. The Morgan fingerprint density at radius 3 is 2.44 bits per heavy atom. The molecule has 0 unspecified atom stereocenters. The van der Waals surface area contributed by atoms with E-state index in [1.807, 2.05) is 30.3 Å². The zero-order valence-corrected chi connectivity index (χ0v) is 5.24. The van der Waals surface area contributed by atoms with E-state index in [9.17, 15) is 0 Å². The zero-order valence-electron chi connectivity index (χ0n) is 5.24. The maximum atomic E-state index is 4.83. The van der Waals surface area contributed by atoms with Crippen LogP contribution in [0.5, 0.6) is 5.75 Å². The van der Waals surface area contributed by atoms with Crippen molar-refractivity contribution in [2.45, 2.75) is 0 Å². The summed E-state index contributed by atoms with van der Waals surface area (Å²) in [5, 5.41) is 0. The molecular weight excluding hydrogens is 114 g/mol. The normalized spacial score (nSPS) is 9.00. The maximum Gasteiger partial charge on any atom is 0.149 e.